The summed E-state index contributed by atoms with van der Waals surface area (Å²) in [7, 11) is 0. The van der Waals surface area contributed by atoms with Crippen LogP contribution in [0, 0.1) is 0 Å². The largest absolute Gasteiger partial charge is 0.371 e. The van der Waals surface area contributed by atoms with Crippen molar-refractivity contribution >= 4 is 0 Å². The molecule has 3 nitrogen and oxygen atoms in total. The number of hydrogen-bond acceptors (Lipinski definition) is 3. The first-order valence-electron chi connectivity index (χ1n) is 7.92. The predicted octanol–water partition coefficient (Wildman–Crippen LogP) is 2.15. The molecular weight excluding hydrogens is 248 g/mol. The van der Waals surface area contributed by atoms with Crippen LogP contribution in [0.1, 0.15) is 36.8 Å². The Morgan fingerprint density at radius 1 is 1.30 bits per heavy atom. The summed E-state index contributed by atoms with van der Waals surface area (Å²) in [6, 6.07) is 8.97. The molecule has 0 spiro atoms. The van der Waals surface area contributed by atoms with Crippen LogP contribution in [0.2, 0.25) is 0 Å². The SMILES string of the molecule is CC1CN(CC2CCCc3ccccc32)CC(CN)O1. The molecule has 0 radical (unpaired) electrons. The van der Waals surface area contributed by atoms with Crippen LogP contribution in [0.25, 0.3) is 0 Å². The first-order chi connectivity index (χ1) is 9.76. The Labute approximate surface area is 122 Å². The Morgan fingerprint density at radius 2 is 2.15 bits per heavy atom. The minimum atomic E-state index is 0.206. The molecule has 1 fully saturated rings. The van der Waals surface area contributed by atoms with Crippen LogP contribution in [0.3, 0.4) is 0 Å². The van der Waals surface area contributed by atoms with Crippen LogP contribution >= 0.6 is 0 Å². The fraction of sp³-hybridized carbons (Fsp3) is 0.647. The molecule has 0 bridgehead atoms. The Morgan fingerprint density at radius 3 is 3.00 bits per heavy atom. The summed E-state index contributed by atoms with van der Waals surface area (Å²) in [5.41, 5.74) is 8.91. The highest BCUT2D eigenvalue weighted by Gasteiger charge is 2.28. The van der Waals surface area contributed by atoms with Crippen molar-refractivity contribution in [2.24, 2.45) is 5.73 Å². The molecule has 1 aliphatic carbocycles. The fourth-order valence-electron chi connectivity index (χ4n) is 3.78. The van der Waals surface area contributed by atoms with Gasteiger partial charge in [-0.05, 0) is 43.2 Å². The molecule has 20 heavy (non-hydrogen) atoms. The van der Waals surface area contributed by atoms with Gasteiger partial charge in [0.05, 0.1) is 12.2 Å². The van der Waals surface area contributed by atoms with E-state index in [4.69, 9.17) is 10.5 Å². The number of nitrogens with zero attached hydrogens (tertiary/aromatic N) is 1. The van der Waals surface area contributed by atoms with Crippen molar-refractivity contribution in [3.8, 4) is 0 Å². The monoisotopic (exact) mass is 274 g/mol. The first kappa shape index (κ1) is 14.1. The third kappa shape index (κ3) is 3.05. The van der Waals surface area contributed by atoms with Gasteiger partial charge in [0, 0.05) is 26.2 Å². The number of hydrogen-bond donors (Lipinski definition) is 1. The van der Waals surface area contributed by atoms with Gasteiger partial charge in [-0.15, -0.1) is 0 Å². The zero-order valence-corrected chi connectivity index (χ0v) is 12.4. The smallest absolute Gasteiger partial charge is 0.0828 e. The van der Waals surface area contributed by atoms with E-state index in [9.17, 15) is 0 Å². The van der Waals surface area contributed by atoms with E-state index in [0.717, 1.165) is 19.6 Å². The van der Waals surface area contributed by atoms with Gasteiger partial charge in [0.1, 0.15) is 0 Å². The van der Waals surface area contributed by atoms with Crippen molar-refractivity contribution in [1.29, 1.82) is 0 Å². The molecule has 3 unspecified atom stereocenters. The molecule has 2 aliphatic rings. The van der Waals surface area contributed by atoms with E-state index < -0.39 is 0 Å². The Bertz CT molecular complexity index is 448. The lowest BCUT2D eigenvalue weighted by Crippen LogP contribution is -2.50. The molecule has 0 amide bonds. The lowest BCUT2D eigenvalue weighted by molar-refractivity contribution is -0.0735. The standard InChI is InChI=1S/C17H26N2O/c1-13-10-19(12-16(9-18)20-13)11-15-7-4-6-14-5-2-3-8-17(14)15/h2-3,5,8,13,15-16H,4,6-7,9-12,18H2,1H3. The lowest BCUT2D eigenvalue weighted by Gasteiger charge is -2.39. The van der Waals surface area contributed by atoms with Gasteiger partial charge in [-0.1, -0.05) is 24.3 Å². The summed E-state index contributed by atoms with van der Waals surface area (Å²) in [6.07, 6.45) is 4.39. The summed E-state index contributed by atoms with van der Waals surface area (Å²) >= 11 is 0. The van der Waals surface area contributed by atoms with E-state index in [1.165, 1.54) is 19.3 Å². The molecule has 3 heteroatoms. The Kier molecular flexibility index (Phi) is 4.39. The summed E-state index contributed by atoms with van der Waals surface area (Å²) in [5, 5.41) is 0. The molecule has 3 rings (SSSR count). The zero-order chi connectivity index (χ0) is 13.9. The van der Waals surface area contributed by atoms with E-state index in [1.807, 2.05) is 0 Å². The van der Waals surface area contributed by atoms with Gasteiger partial charge in [-0.25, -0.2) is 0 Å². The number of aryl methyl sites for hydroxylation is 1. The maximum atomic E-state index is 5.86. The highest BCUT2D eigenvalue weighted by molar-refractivity contribution is 5.32. The van der Waals surface area contributed by atoms with Gasteiger partial charge in [0.15, 0.2) is 0 Å². The van der Waals surface area contributed by atoms with Crippen LogP contribution in [-0.2, 0) is 11.2 Å². The van der Waals surface area contributed by atoms with Crippen LogP contribution in [0.15, 0.2) is 24.3 Å². The van der Waals surface area contributed by atoms with Crippen molar-refractivity contribution in [1.82, 2.24) is 4.90 Å². The molecular formula is C17H26N2O. The molecule has 1 heterocycles. The molecule has 1 saturated heterocycles. The van der Waals surface area contributed by atoms with Gasteiger partial charge >= 0.3 is 0 Å². The second kappa shape index (κ2) is 6.25. The van der Waals surface area contributed by atoms with Crippen LogP contribution in [0.5, 0.6) is 0 Å². The third-order valence-electron chi connectivity index (χ3n) is 4.64. The molecule has 1 aromatic carbocycles. The van der Waals surface area contributed by atoms with Crippen LogP contribution in [0.4, 0.5) is 0 Å². The number of rotatable bonds is 3. The van der Waals surface area contributed by atoms with Crippen molar-refractivity contribution in [3.05, 3.63) is 35.4 Å². The molecule has 0 saturated carbocycles. The second-order valence-corrected chi connectivity index (χ2v) is 6.31. The van der Waals surface area contributed by atoms with Crippen molar-refractivity contribution in [2.45, 2.75) is 44.3 Å². The average molecular weight is 274 g/mol. The molecule has 1 aliphatic heterocycles. The van der Waals surface area contributed by atoms with Crippen molar-refractivity contribution < 1.29 is 4.74 Å². The Balaban J connectivity index is 1.69. The molecule has 2 N–H and O–H groups in total. The highest BCUT2D eigenvalue weighted by atomic mass is 16.5. The quantitative estimate of drug-likeness (QED) is 0.918. The fourth-order valence-corrected chi connectivity index (χ4v) is 3.78. The van der Waals surface area contributed by atoms with Gasteiger partial charge in [0.2, 0.25) is 0 Å². The van der Waals surface area contributed by atoms with Crippen LogP contribution in [-0.4, -0.2) is 43.3 Å². The van der Waals surface area contributed by atoms with Gasteiger partial charge in [-0.3, -0.25) is 4.90 Å². The van der Waals surface area contributed by atoms with E-state index >= 15 is 0 Å². The van der Waals surface area contributed by atoms with Gasteiger partial charge < -0.3 is 10.5 Å². The first-order valence-corrected chi connectivity index (χ1v) is 7.92. The van der Waals surface area contributed by atoms with Crippen molar-refractivity contribution in [2.75, 3.05) is 26.2 Å². The maximum Gasteiger partial charge on any atom is 0.0828 e. The predicted molar refractivity (Wildman–Crippen MR) is 82.0 cm³/mol. The number of ether oxygens (including phenoxy) is 1. The summed E-state index contributed by atoms with van der Waals surface area (Å²) in [5.74, 6) is 0.684. The Hall–Kier alpha value is -0.900. The number of nitrogens with two attached hydrogens (primary N) is 1. The molecule has 1 aromatic rings. The number of benzene rings is 1. The van der Waals surface area contributed by atoms with Crippen molar-refractivity contribution in [3.63, 3.8) is 0 Å². The summed E-state index contributed by atoms with van der Waals surface area (Å²) in [4.78, 5) is 2.55. The van der Waals surface area contributed by atoms with Gasteiger partial charge in [0.25, 0.3) is 0 Å². The lowest BCUT2D eigenvalue weighted by atomic mass is 9.82. The van der Waals surface area contributed by atoms with E-state index in [1.54, 1.807) is 11.1 Å². The van der Waals surface area contributed by atoms with E-state index in [0.29, 0.717) is 18.6 Å². The second-order valence-electron chi connectivity index (χ2n) is 6.31. The minimum Gasteiger partial charge on any atom is -0.371 e. The topological polar surface area (TPSA) is 38.5 Å². The number of fused-ring (bicyclic) bond motifs is 1. The normalized spacial score (nSPS) is 31.0. The maximum absolute atomic E-state index is 5.86. The average Bonchev–Trinajstić information content (AvgIpc) is 2.47. The van der Waals surface area contributed by atoms with E-state index in [-0.39, 0.29) is 6.10 Å². The molecule has 3 atom stereocenters. The van der Waals surface area contributed by atoms with Gasteiger partial charge in [-0.2, -0.15) is 0 Å². The third-order valence-corrected chi connectivity index (χ3v) is 4.64. The summed E-state index contributed by atoms with van der Waals surface area (Å²) < 4.78 is 5.86. The summed E-state index contributed by atoms with van der Waals surface area (Å²) in [6.45, 7) is 5.96. The highest BCUT2D eigenvalue weighted by Crippen LogP contribution is 2.32. The zero-order valence-electron chi connectivity index (χ0n) is 12.4. The van der Waals surface area contributed by atoms with Crippen LogP contribution < -0.4 is 5.73 Å². The molecule has 110 valence electrons. The van der Waals surface area contributed by atoms with E-state index in [2.05, 4.69) is 36.1 Å². The minimum absolute atomic E-state index is 0.206. The molecule has 0 aromatic heterocycles. The number of morpholine rings is 1.